The molecule has 8 heteroatoms. The average molecular weight is 293 g/mol. The van der Waals surface area contributed by atoms with Gasteiger partial charge in [-0.25, -0.2) is 9.97 Å². The summed E-state index contributed by atoms with van der Waals surface area (Å²) in [5.74, 6) is 1.11. The molecule has 2 rings (SSSR count). The number of aromatic nitrogens is 2. The van der Waals surface area contributed by atoms with Crippen LogP contribution in [0.2, 0.25) is 0 Å². The number of anilines is 2. The molecule has 1 fully saturated rings. The lowest BCUT2D eigenvalue weighted by Crippen LogP contribution is -2.47. The minimum absolute atomic E-state index is 0.242. The molecule has 1 atom stereocenters. The van der Waals surface area contributed by atoms with Crippen molar-refractivity contribution in [2.75, 3.05) is 24.3 Å². The predicted molar refractivity (Wildman–Crippen MR) is 76.7 cm³/mol. The number of hydrogen-bond acceptors (Lipinski definition) is 7. The Balaban J connectivity index is 2.11. The van der Waals surface area contributed by atoms with Crippen molar-refractivity contribution in [2.24, 2.45) is 0 Å². The summed E-state index contributed by atoms with van der Waals surface area (Å²) < 4.78 is 5.29. The van der Waals surface area contributed by atoms with Crippen LogP contribution in [0.5, 0.6) is 0 Å². The van der Waals surface area contributed by atoms with Gasteiger partial charge in [0.25, 0.3) is 0 Å². The molecule has 1 aliphatic rings. The van der Waals surface area contributed by atoms with Crippen LogP contribution in [0.4, 0.5) is 11.6 Å². The quantitative estimate of drug-likeness (QED) is 0.647. The Kier molecular flexibility index (Phi) is 5.04. The van der Waals surface area contributed by atoms with Gasteiger partial charge >= 0.3 is 0 Å². The number of nitrogens with one attached hydrogen (secondary N) is 3. The fourth-order valence-electron chi connectivity index (χ4n) is 1.97. The lowest BCUT2D eigenvalue weighted by molar-refractivity contribution is -0.133. The van der Waals surface area contributed by atoms with E-state index in [1.54, 1.807) is 13.1 Å². The molecule has 2 amide bonds. The highest BCUT2D eigenvalue weighted by molar-refractivity contribution is 6.01. The fourth-order valence-corrected chi connectivity index (χ4v) is 1.97. The lowest BCUT2D eigenvalue weighted by Gasteiger charge is -2.22. The first-order valence-electron chi connectivity index (χ1n) is 6.86. The molecule has 0 saturated carbocycles. The molecule has 0 bridgehead atoms. The molecule has 1 aromatic heterocycles. The van der Waals surface area contributed by atoms with E-state index < -0.39 is 6.04 Å². The molecule has 1 unspecified atom stereocenters. The summed E-state index contributed by atoms with van der Waals surface area (Å²) in [6.45, 7) is 2.77. The largest absolute Gasteiger partial charge is 0.374 e. The molecule has 1 saturated heterocycles. The maximum Gasteiger partial charge on any atom is 0.249 e. The normalized spacial score (nSPS) is 18.3. The number of rotatable bonds is 6. The molecule has 1 aliphatic heterocycles. The zero-order valence-electron chi connectivity index (χ0n) is 12.1. The van der Waals surface area contributed by atoms with Crippen LogP contribution in [-0.4, -0.2) is 41.5 Å². The number of piperidine rings is 1. The fraction of sp³-hybridized carbons (Fsp3) is 0.538. The first-order chi connectivity index (χ1) is 10.1. The van der Waals surface area contributed by atoms with Crippen LogP contribution in [-0.2, 0) is 20.9 Å². The Morgan fingerprint density at radius 2 is 2.14 bits per heavy atom. The van der Waals surface area contributed by atoms with E-state index in [0.717, 1.165) is 0 Å². The van der Waals surface area contributed by atoms with E-state index >= 15 is 0 Å². The van der Waals surface area contributed by atoms with E-state index in [-0.39, 0.29) is 11.8 Å². The molecular formula is C13H19N5O3. The van der Waals surface area contributed by atoms with Crippen molar-refractivity contribution in [1.82, 2.24) is 15.3 Å². The van der Waals surface area contributed by atoms with Crippen LogP contribution >= 0.6 is 0 Å². The molecule has 3 N–H and O–H groups in total. The van der Waals surface area contributed by atoms with Gasteiger partial charge < -0.3 is 15.4 Å². The van der Waals surface area contributed by atoms with Gasteiger partial charge in [0.2, 0.25) is 11.8 Å². The number of carbonyl (C=O) groups is 2. The van der Waals surface area contributed by atoms with Crippen LogP contribution < -0.4 is 16.0 Å². The molecule has 1 aromatic rings. The smallest absolute Gasteiger partial charge is 0.249 e. The van der Waals surface area contributed by atoms with Crippen LogP contribution in [0.3, 0.4) is 0 Å². The van der Waals surface area contributed by atoms with Gasteiger partial charge in [-0.3, -0.25) is 14.9 Å². The molecule has 0 aliphatic carbocycles. The number of hydrogen-bond donors (Lipinski definition) is 3. The Morgan fingerprint density at radius 3 is 2.81 bits per heavy atom. The zero-order valence-corrected chi connectivity index (χ0v) is 12.1. The van der Waals surface area contributed by atoms with E-state index in [1.807, 2.05) is 6.92 Å². The predicted octanol–water partition coefficient (Wildman–Crippen LogP) is 0.272. The van der Waals surface area contributed by atoms with E-state index in [2.05, 4.69) is 25.9 Å². The molecule has 0 spiro atoms. The maximum atomic E-state index is 11.7. The third kappa shape index (κ3) is 4.12. The highest BCUT2D eigenvalue weighted by Crippen LogP contribution is 2.15. The summed E-state index contributed by atoms with van der Waals surface area (Å²) in [5.41, 5.74) is 0. The summed E-state index contributed by atoms with van der Waals surface area (Å²) in [5, 5.41) is 8.27. The molecular weight excluding hydrogens is 274 g/mol. The number of ether oxygens (including phenoxy) is 1. The highest BCUT2D eigenvalue weighted by atomic mass is 16.5. The second-order valence-corrected chi connectivity index (χ2v) is 4.59. The monoisotopic (exact) mass is 293 g/mol. The third-order valence-corrected chi connectivity index (χ3v) is 3.03. The van der Waals surface area contributed by atoms with Crippen LogP contribution in [0.25, 0.3) is 0 Å². The van der Waals surface area contributed by atoms with Crippen molar-refractivity contribution in [3.05, 3.63) is 11.9 Å². The molecule has 0 radical (unpaired) electrons. The van der Waals surface area contributed by atoms with Crippen molar-refractivity contribution in [3.8, 4) is 0 Å². The van der Waals surface area contributed by atoms with Crippen molar-refractivity contribution in [2.45, 2.75) is 32.4 Å². The van der Waals surface area contributed by atoms with E-state index in [1.165, 1.54) is 0 Å². The van der Waals surface area contributed by atoms with Crippen molar-refractivity contribution < 1.29 is 14.3 Å². The number of nitrogens with zero attached hydrogens (tertiary/aromatic N) is 2. The summed E-state index contributed by atoms with van der Waals surface area (Å²) in [6.07, 6.45) is 0.767. The summed E-state index contributed by atoms with van der Waals surface area (Å²) in [7, 11) is 1.75. The van der Waals surface area contributed by atoms with Gasteiger partial charge in [-0.1, -0.05) is 0 Å². The topological polar surface area (TPSA) is 105 Å². The van der Waals surface area contributed by atoms with Gasteiger partial charge in [0.1, 0.15) is 24.3 Å². The minimum Gasteiger partial charge on any atom is -0.374 e. The van der Waals surface area contributed by atoms with Crippen LogP contribution in [0.1, 0.15) is 25.6 Å². The van der Waals surface area contributed by atoms with Gasteiger partial charge in [-0.2, -0.15) is 0 Å². The Bertz CT molecular complexity index is 535. The first-order valence-corrected chi connectivity index (χ1v) is 6.86. The standard InChI is InChI=1S/C13H19N5O3/c1-3-21-7-11-16-9(14-2)6-10(17-11)15-8-4-5-12(19)18-13(8)20/h6,8H,3-5,7H2,1-2H3,(H,18,19,20)(H2,14,15,16,17). The maximum absolute atomic E-state index is 11.7. The molecule has 2 heterocycles. The molecule has 21 heavy (non-hydrogen) atoms. The average Bonchev–Trinajstić information content (AvgIpc) is 2.48. The highest BCUT2D eigenvalue weighted by Gasteiger charge is 2.26. The number of amides is 2. The van der Waals surface area contributed by atoms with Gasteiger partial charge in [0.05, 0.1) is 0 Å². The van der Waals surface area contributed by atoms with Gasteiger partial charge in [0, 0.05) is 26.1 Å². The summed E-state index contributed by atoms with van der Waals surface area (Å²) in [4.78, 5) is 31.5. The van der Waals surface area contributed by atoms with Gasteiger partial charge in [-0.05, 0) is 13.3 Å². The Hall–Kier alpha value is -2.22. The second-order valence-electron chi connectivity index (χ2n) is 4.59. The molecule has 8 nitrogen and oxygen atoms in total. The van der Waals surface area contributed by atoms with E-state index in [4.69, 9.17) is 4.74 Å². The molecule has 0 aromatic carbocycles. The minimum atomic E-state index is -0.470. The number of carbonyl (C=O) groups excluding carboxylic acids is 2. The van der Waals surface area contributed by atoms with Crippen LogP contribution in [0, 0.1) is 0 Å². The van der Waals surface area contributed by atoms with Crippen molar-refractivity contribution in [3.63, 3.8) is 0 Å². The van der Waals surface area contributed by atoms with Crippen LogP contribution in [0.15, 0.2) is 6.07 Å². The molecule has 114 valence electrons. The Labute approximate surface area is 122 Å². The lowest BCUT2D eigenvalue weighted by atomic mass is 10.1. The number of imide groups is 1. The summed E-state index contributed by atoms with van der Waals surface area (Å²) >= 11 is 0. The SMILES string of the molecule is CCOCc1nc(NC)cc(NC2CCC(=O)NC2=O)n1. The van der Waals surface area contributed by atoms with Crippen molar-refractivity contribution >= 4 is 23.5 Å². The van der Waals surface area contributed by atoms with Gasteiger partial charge in [-0.15, -0.1) is 0 Å². The summed E-state index contributed by atoms with van der Waals surface area (Å²) in [6, 6.07) is 1.24. The second kappa shape index (κ2) is 6.98. The third-order valence-electron chi connectivity index (χ3n) is 3.03. The van der Waals surface area contributed by atoms with Gasteiger partial charge in [0.15, 0.2) is 5.82 Å². The zero-order chi connectivity index (χ0) is 15.2. The van der Waals surface area contributed by atoms with E-state index in [9.17, 15) is 9.59 Å². The Morgan fingerprint density at radius 1 is 1.38 bits per heavy atom. The van der Waals surface area contributed by atoms with Crippen molar-refractivity contribution in [1.29, 1.82) is 0 Å². The van der Waals surface area contributed by atoms with E-state index in [0.29, 0.717) is 43.5 Å². The first kappa shape index (κ1) is 15.2.